The molecule has 2 aliphatic carbocycles. The molecule has 0 radical (unpaired) electrons. The number of furan rings is 1. The maximum Gasteiger partial charge on any atom is 0.229 e. The number of hydrogen-bond donors (Lipinski definition) is 0. The molecule has 9 aromatic rings. The highest BCUT2D eigenvalue weighted by Crippen LogP contribution is 2.60. The summed E-state index contributed by atoms with van der Waals surface area (Å²) in [6.45, 7) is 0. The lowest BCUT2D eigenvalue weighted by molar-refractivity contribution is 0.453. The summed E-state index contributed by atoms with van der Waals surface area (Å²) in [5.74, 6) is 1.07. The van der Waals surface area contributed by atoms with Gasteiger partial charge in [0.15, 0.2) is 0 Å². The summed E-state index contributed by atoms with van der Waals surface area (Å²) >= 11 is 0. The lowest BCUT2D eigenvalue weighted by atomic mass is 9.63. The van der Waals surface area contributed by atoms with E-state index in [1.165, 1.54) is 33.0 Å². The van der Waals surface area contributed by atoms with Crippen molar-refractivity contribution in [2.45, 2.75) is 11.3 Å². The first-order chi connectivity index (χ1) is 27.3. The van der Waals surface area contributed by atoms with Gasteiger partial charge in [0.05, 0.1) is 11.1 Å². The molecule has 55 heavy (non-hydrogen) atoms. The average Bonchev–Trinajstić information content (AvgIpc) is 3.78. The van der Waals surface area contributed by atoms with Gasteiger partial charge in [0.25, 0.3) is 0 Å². The van der Waals surface area contributed by atoms with Gasteiger partial charge in [-0.1, -0.05) is 176 Å². The number of para-hydroxylation sites is 1. The maximum absolute atomic E-state index is 6.57. The first-order valence-corrected chi connectivity index (χ1v) is 19.0. The van der Waals surface area contributed by atoms with Crippen molar-refractivity contribution < 1.29 is 4.42 Å². The fraction of sp³-hybridized carbons (Fsp3) is 0.0577. The van der Waals surface area contributed by atoms with Gasteiger partial charge in [-0.3, -0.25) is 4.90 Å². The Balaban J connectivity index is 1.17. The van der Waals surface area contributed by atoms with Gasteiger partial charge in [-0.15, -0.1) is 0 Å². The highest BCUT2D eigenvalue weighted by molar-refractivity contribution is 6.18. The van der Waals surface area contributed by atoms with Crippen LogP contribution in [0.3, 0.4) is 0 Å². The maximum atomic E-state index is 6.57. The van der Waals surface area contributed by atoms with Gasteiger partial charge in [-0.2, -0.15) is 4.98 Å². The van der Waals surface area contributed by atoms with Gasteiger partial charge in [-0.25, -0.2) is 0 Å². The first-order valence-electron chi connectivity index (χ1n) is 19.0. The third kappa shape index (κ3) is 4.79. The van der Waals surface area contributed by atoms with Crippen molar-refractivity contribution in [3.63, 3.8) is 0 Å². The second-order valence-electron chi connectivity index (χ2n) is 14.6. The molecule has 3 heteroatoms. The Hall–Kier alpha value is -6.97. The van der Waals surface area contributed by atoms with E-state index in [2.05, 4.69) is 211 Å². The number of fused-ring (bicyclic) bond motifs is 8. The lowest BCUT2D eigenvalue weighted by Gasteiger charge is -2.40. The molecule has 7 aromatic carbocycles. The largest absolute Gasteiger partial charge is 0.438 e. The van der Waals surface area contributed by atoms with Gasteiger partial charge in [0.2, 0.25) is 5.71 Å². The highest BCUT2D eigenvalue weighted by Gasteiger charge is 2.53. The van der Waals surface area contributed by atoms with Crippen LogP contribution in [0.15, 0.2) is 216 Å². The Morgan fingerprint density at radius 1 is 0.564 bits per heavy atom. The summed E-state index contributed by atoms with van der Waals surface area (Å²) in [5.41, 5.74) is 10.8. The van der Waals surface area contributed by atoms with Gasteiger partial charge < -0.3 is 4.42 Å². The summed E-state index contributed by atoms with van der Waals surface area (Å²) in [7, 11) is 0. The van der Waals surface area contributed by atoms with E-state index in [-0.39, 0.29) is 11.8 Å². The number of pyridine rings is 1. The summed E-state index contributed by atoms with van der Waals surface area (Å²) in [6.07, 6.45) is 7.25. The molecule has 0 bridgehead atoms. The van der Waals surface area contributed by atoms with E-state index in [0.717, 1.165) is 44.7 Å². The molecule has 2 heterocycles. The van der Waals surface area contributed by atoms with Crippen LogP contribution in [0.2, 0.25) is 0 Å². The third-order valence-corrected chi connectivity index (χ3v) is 11.8. The molecule has 0 aliphatic heterocycles. The zero-order valence-corrected chi connectivity index (χ0v) is 30.1. The van der Waals surface area contributed by atoms with Crippen LogP contribution in [0, 0.1) is 5.92 Å². The standard InChI is InChI=1S/C52H36N2O/c1-4-16-35(17-5-1)40-23-13-15-27-47(40)54(49-33-31-44-50-41-24-11-10-18-36(41)28-32-48(50)55-51(44)53-49)39-29-30-43-42-25-12-14-26-45(42)52(46(43)34-39,37-19-6-2-7-20-37)38-21-8-3-9-22-38/h1-34,43,46H. The fourth-order valence-electron chi connectivity index (χ4n) is 9.56. The molecule has 2 atom stereocenters. The Morgan fingerprint density at radius 3 is 2.04 bits per heavy atom. The molecular formula is C52H36N2O. The topological polar surface area (TPSA) is 29.3 Å². The zero-order chi connectivity index (χ0) is 36.3. The number of anilines is 2. The van der Waals surface area contributed by atoms with Crippen molar-refractivity contribution in [3.05, 3.63) is 234 Å². The Bertz CT molecular complexity index is 2900. The van der Waals surface area contributed by atoms with E-state index in [9.17, 15) is 0 Å². The minimum absolute atomic E-state index is 0.0855. The molecule has 0 fully saturated rings. The second kappa shape index (κ2) is 12.6. The molecule has 2 aliphatic rings. The van der Waals surface area contributed by atoms with Crippen LogP contribution in [0.25, 0.3) is 44.0 Å². The number of nitrogens with zero attached hydrogens (tertiary/aromatic N) is 2. The van der Waals surface area contributed by atoms with E-state index < -0.39 is 5.41 Å². The number of hydrogen-bond acceptors (Lipinski definition) is 3. The van der Waals surface area contributed by atoms with Crippen LogP contribution in [-0.2, 0) is 5.41 Å². The van der Waals surface area contributed by atoms with Gasteiger partial charge >= 0.3 is 0 Å². The molecule has 2 unspecified atom stereocenters. The molecule has 3 nitrogen and oxygen atoms in total. The Kier molecular flexibility index (Phi) is 7.21. The van der Waals surface area contributed by atoms with Crippen molar-refractivity contribution in [3.8, 4) is 11.1 Å². The van der Waals surface area contributed by atoms with Crippen molar-refractivity contribution in [1.29, 1.82) is 0 Å². The summed E-state index contributed by atoms with van der Waals surface area (Å²) < 4.78 is 6.57. The number of aromatic nitrogens is 1. The molecule has 0 N–H and O–H groups in total. The van der Waals surface area contributed by atoms with Crippen LogP contribution in [0.4, 0.5) is 11.5 Å². The van der Waals surface area contributed by atoms with Crippen LogP contribution in [0.5, 0.6) is 0 Å². The molecule has 0 amide bonds. The summed E-state index contributed by atoms with van der Waals surface area (Å²) in [4.78, 5) is 7.70. The van der Waals surface area contributed by atoms with Crippen molar-refractivity contribution in [1.82, 2.24) is 4.98 Å². The van der Waals surface area contributed by atoms with Crippen molar-refractivity contribution in [2.75, 3.05) is 4.90 Å². The Morgan fingerprint density at radius 2 is 1.24 bits per heavy atom. The number of rotatable bonds is 6. The van der Waals surface area contributed by atoms with Crippen LogP contribution < -0.4 is 4.90 Å². The fourth-order valence-corrected chi connectivity index (χ4v) is 9.56. The van der Waals surface area contributed by atoms with Crippen LogP contribution in [-0.4, -0.2) is 4.98 Å². The highest BCUT2D eigenvalue weighted by atomic mass is 16.3. The average molecular weight is 705 g/mol. The molecule has 0 saturated heterocycles. The predicted molar refractivity (Wildman–Crippen MR) is 226 cm³/mol. The minimum Gasteiger partial charge on any atom is -0.438 e. The Labute approximate surface area is 320 Å². The van der Waals surface area contributed by atoms with Crippen LogP contribution in [0.1, 0.15) is 28.2 Å². The van der Waals surface area contributed by atoms with Crippen molar-refractivity contribution in [2.24, 2.45) is 5.92 Å². The number of benzene rings is 7. The summed E-state index contributed by atoms with van der Waals surface area (Å²) in [5, 5.41) is 4.47. The van der Waals surface area contributed by atoms with E-state index in [0.29, 0.717) is 5.71 Å². The lowest BCUT2D eigenvalue weighted by Crippen LogP contribution is -2.36. The molecule has 2 aromatic heterocycles. The van der Waals surface area contributed by atoms with Gasteiger partial charge in [0, 0.05) is 33.9 Å². The molecule has 0 saturated carbocycles. The first kappa shape index (κ1) is 31.5. The zero-order valence-electron chi connectivity index (χ0n) is 30.1. The van der Waals surface area contributed by atoms with Crippen LogP contribution >= 0.6 is 0 Å². The summed E-state index contributed by atoms with van der Waals surface area (Å²) in [6, 6.07) is 67.6. The van der Waals surface area contributed by atoms with E-state index in [1.807, 2.05) is 0 Å². The normalized spacial score (nSPS) is 16.9. The monoisotopic (exact) mass is 704 g/mol. The number of allylic oxidation sites excluding steroid dienone is 3. The molecular weight excluding hydrogens is 669 g/mol. The van der Waals surface area contributed by atoms with Crippen molar-refractivity contribution >= 4 is 44.3 Å². The third-order valence-electron chi connectivity index (χ3n) is 11.8. The SMILES string of the molecule is C1=CC2c3ccccc3C(c3ccccc3)(c3ccccc3)C2C=C1N(c1ccc2c(n1)oc1ccc3ccccc3c12)c1ccccc1-c1ccccc1. The second-order valence-corrected chi connectivity index (χ2v) is 14.6. The molecule has 11 rings (SSSR count). The van der Waals surface area contributed by atoms with E-state index in [1.54, 1.807) is 0 Å². The van der Waals surface area contributed by atoms with Gasteiger partial charge in [-0.05, 0) is 68.9 Å². The van der Waals surface area contributed by atoms with Gasteiger partial charge in [0.1, 0.15) is 11.4 Å². The van der Waals surface area contributed by atoms with E-state index in [4.69, 9.17) is 9.40 Å². The predicted octanol–water partition coefficient (Wildman–Crippen LogP) is 13.1. The minimum atomic E-state index is -0.415. The molecule has 260 valence electrons. The molecule has 0 spiro atoms. The smallest absolute Gasteiger partial charge is 0.229 e. The van der Waals surface area contributed by atoms with E-state index >= 15 is 0 Å². The quantitative estimate of drug-likeness (QED) is 0.173.